The van der Waals surface area contributed by atoms with Gasteiger partial charge in [-0.1, -0.05) is 6.07 Å². The summed E-state index contributed by atoms with van der Waals surface area (Å²) in [5.74, 6) is 0. The lowest BCUT2D eigenvalue weighted by Crippen LogP contribution is -2.05. The van der Waals surface area contributed by atoms with E-state index in [4.69, 9.17) is 4.42 Å². The molecule has 0 radical (unpaired) electrons. The van der Waals surface area contributed by atoms with Crippen molar-refractivity contribution >= 4 is 28.3 Å². The highest BCUT2D eigenvalue weighted by Crippen LogP contribution is 2.22. The Morgan fingerprint density at radius 1 is 1.31 bits per heavy atom. The summed E-state index contributed by atoms with van der Waals surface area (Å²) in [5, 5.41) is 3.45. The average Bonchev–Trinajstić information content (AvgIpc) is 2.77. The molecule has 0 bridgehead atoms. The van der Waals surface area contributed by atoms with Gasteiger partial charge in [-0.2, -0.15) is 0 Å². The standard InChI is InChI=1S/C13H14INO/c1-9-3-4-12(7-13(9)14)15-10(2)11-5-6-16-8-11/h3-8,10,15H,1-2H3. The van der Waals surface area contributed by atoms with Gasteiger partial charge >= 0.3 is 0 Å². The molecule has 1 N–H and O–H groups in total. The van der Waals surface area contributed by atoms with Crippen LogP contribution in [0.25, 0.3) is 0 Å². The molecule has 0 saturated carbocycles. The van der Waals surface area contributed by atoms with Gasteiger partial charge < -0.3 is 9.73 Å². The van der Waals surface area contributed by atoms with Gasteiger partial charge in [-0.25, -0.2) is 0 Å². The maximum absolute atomic E-state index is 5.07. The van der Waals surface area contributed by atoms with E-state index in [0.29, 0.717) is 0 Å². The topological polar surface area (TPSA) is 25.2 Å². The fourth-order valence-corrected chi connectivity index (χ4v) is 2.05. The Balaban J connectivity index is 2.12. The van der Waals surface area contributed by atoms with Gasteiger partial charge in [-0.15, -0.1) is 0 Å². The van der Waals surface area contributed by atoms with Crippen LogP contribution in [0.5, 0.6) is 0 Å². The molecule has 3 heteroatoms. The molecule has 1 aromatic carbocycles. The monoisotopic (exact) mass is 327 g/mol. The molecule has 2 aromatic rings. The minimum absolute atomic E-state index is 0.261. The molecule has 2 nitrogen and oxygen atoms in total. The number of benzene rings is 1. The van der Waals surface area contributed by atoms with E-state index in [-0.39, 0.29) is 6.04 Å². The maximum atomic E-state index is 5.07. The summed E-state index contributed by atoms with van der Waals surface area (Å²) in [5.41, 5.74) is 3.61. The molecule has 0 spiro atoms. The molecular weight excluding hydrogens is 313 g/mol. The maximum Gasteiger partial charge on any atom is 0.0955 e. The molecule has 0 saturated heterocycles. The minimum Gasteiger partial charge on any atom is -0.472 e. The van der Waals surface area contributed by atoms with Crippen molar-refractivity contribution in [3.8, 4) is 0 Å². The summed E-state index contributed by atoms with van der Waals surface area (Å²) in [6.07, 6.45) is 3.48. The third-order valence-corrected chi connectivity index (χ3v) is 3.76. The van der Waals surface area contributed by atoms with E-state index in [1.165, 1.54) is 9.13 Å². The van der Waals surface area contributed by atoms with Crippen LogP contribution in [0.3, 0.4) is 0 Å². The lowest BCUT2D eigenvalue weighted by Gasteiger charge is -2.14. The first-order valence-electron chi connectivity index (χ1n) is 5.21. The predicted octanol–water partition coefficient (Wildman–Crippen LogP) is 4.37. The number of halogens is 1. The fourth-order valence-electron chi connectivity index (χ4n) is 1.54. The summed E-state index contributed by atoms with van der Waals surface area (Å²) in [6.45, 7) is 4.24. The third kappa shape index (κ3) is 2.58. The first-order chi connectivity index (χ1) is 7.66. The van der Waals surface area contributed by atoms with E-state index in [2.05, 4.69) is 60.0 Å². The number of hydrogen-bond donors (Lipinski definition) is 1. The first-order valence-corrected chi connectivity index (χ1v) is 6.29. The van der Waals surface area contributed by atoms with E-state index >= 15 is 0 Å². The molecule has 84 valence electrons. The predicted molar refractivity (Wildman–Crippen MR) is 74.6 cm³/mol. The Labute approximate surface area is 109 Å². The van der Waals surface area contributed by atoms with Crippen LogP contribution in [0, 0.1) is 10.5 Å². The summed E-state index contributed by atoms with van der Waals surface area (Å²) in [6, 6.07) is 8.64. The summed E-state index contributed by atoms with van der Waals surface area (Å²) < 4.78 is 6.35. The van der Waals surface area contributed by atoms with Gasteiger partial charge in [0.05, 0.1) is 18.6 Å². The van der Waals surface area contributed by atoms with Crippen LogP contribution in [0.2, 0.25) is 0 Å². The molecule has 2 rings (SSSR count). The van der Waals surface area contributed by atoms with Crippen molar-refractivity contribution in [1.29, 1.82) is 0 Å². The average molecular weight is 327 g/mol. The zero-order valence-electron chi connectivity index (χ0n) is 9.33. The number of aryl methyl sites for hydroxylation is 1. The van der Waals surface area contributed by atoms with E-state index in [9.17, 15) is 0 Å². The summed E-state index contributed by atoms with van der Waals surface area (Å²) >= 11 is 2.35. The van der Waals surface area contributed by atoms with Crippen molar-refractivity contribution in [3.05, 3.63) is 51.5 Å². The largest absolute Gasteiger partial charge is 0.472 e. The van der Waals surface area contributed by atoms with Crippen LogP contribution >= 0.6 is 22.6 Å². The zero-order chi connectivity index (χ0) is 11.5. The molecule has 1 atom stereocenters. The fraction of sp³-hybridized carbons (Fsp3) is 0.231. The SMILES string of the molecule is Cc1ccc(NC(C)c2ccoc2)cc1I. The van der Waals surface area contributed by atoms with Gasteiger partial charge in [0.2, 0.25) is 0 Å². The molecular formula is C13H14INO. The smallest absolute Gasteiger partial charge is 0.0955 e. The molecule has 0 aliphatic carbocycles. The quantitative estimate of drug-likeness (QED) is 0.847. The lowest BCUT2D eigenvalue weighted by molar-refractivity contribution is 0.562. The number of rotatable bonds is 3. The molecule has 0 aliphatic heterocycles. The minimum atomic E-state index is 0.261. The summed E-state index contributed by atoms with van der Waals surface area (Å²) in [4.78, 5) is 0. The first kappa shape index (κ1) is 11.5. The van der Waals surface area contributed by atoms with Crippen LogP contribution in [0.15, 0.2) is 41.2 Å². The van der Waals surface area contributed by atoms with Crippen LogP contribution < -0.4 is 5.32 Å². The normalized spacial score (nSPS) is 12.4. The molecule has 0 fully saturated rings. The molecule has 1 unspecified atom stereocenters. The third-order valence-electron chi connectivity index (χ3n) is 2.60. The van der Waals surface area contributed by atoms with Crippen LogP contribution in [0.4, 0.5) is 5.69 Å². The molecule has 16 heavy (non-hydrogen) atoms. The van der Waals surface area contributed by atoms with Gasteiger partial charge in [0.1, 0.15) is 0 Å². The second-order valence-corrected chi connectivity index (χ2v) is 5.05. The Morgan fingerprint density at radius 3 is 2.75 bits per heavy atom. The highest BCUT2D eigenvalue weighted by molar-refractivity contribution is 14.1. The van der Waals surface area contributed by atoms with Gasteiger partial charge in [0.15, 0.2) is 0 Å². The Bertz CT molecular complexity index is 465. The van der Waals surface area contributed by atoms with Crippen LogP contribution in [-0.4, -0.2) is 0 Å². The molecule has 0 amide bonds. The van der Waals surface area contributed by atoms with E-state index in [0.717, 1.165) is 11.3 Å². The second kappa shape index (κ2) is 4.91. The second-order valence-electron chi connectivity index (χ2n) is 3.89. The van der Waals surface area contributed by atoms with E-state index in [1.54, 1.807) is 12.5 Å². The van der Waals surface area contributed by atoms with Crippen molar-refractivity contribution in [2.75, 3.05) is 5.32 Å². The highest BCUT2D eigenvalue weighted by Gasteiger charge is 2.06. The van der Waals surface area contributed by atoms with Gasteiger partial charge in [0, 0.05) is 14.8 Å². The van der Waals surface area contributed by atoms with Gasteiger partial charge in [-0.3, -0.25) is 0 Å². The van der Waals surface area contributed by atoms with Crippen LogP contribution in [-0.2, 0) is 0 Å². The number of furan rings is 1. The number of nitrogens with one attached hydrogen (secondary N) is 1. The van der Waals surface area contributed by atoms with Crippen LogP contribution in [0.1, 0.15) is 24.1 Å². The molecule has 1 heterocycles. The molecule has 0 aliphatic rings. The van der Waals surface area contributed by atoms with Crippen molar-refractivity contribution in [1.82, 2.24) is 0 Å². The zero-order valence-corrected chi connectivity index (χ0v) is 11.5. The van der Waals surface area contributed by atoms with Crippen molar-refractivity contribution < 1.29 is 4.42 Å². The number of anilines is 1. The summed E-state index contributed by atoms with van der Waals surface area (Å²) in [7, 11) is 0. The lowest BCUT2D eigenvalue weighted by atomic mass is 10.1. The van der Waals surface area contributed by atoms with E-state index in [1.807, 2.05) is 6.07 Å². The van der Waals surface area contributed by atoms with E-state index < -0.39 is 0 Å². The van der Waals surface area contributed by atoms with Crippen molar-refractivity contribution in [2.24, 2.45) is 0 Å². The van der Waals surface area contributed by atoms with Crippen molar-refractivity contribution in [3.63, 3.8) is 0 Å². The highest BCUT2D eigenvalue weighted by atomic mass is 127. The molecule has 1 aromatic heterocycles. The van der Waals surface area contributed by atoms with Crippen molar-refractivity contribution in [2.45, 2.75) is 19.9 Å². The Hall–Kier alpha value is -0.970. The van der Waals surface area contributed by atoms with Gasteiger partial charge in [0.25, 0.3) is 0 Å². The Morgan fingerprint density at radius 2 is 2.12 bits per heavy atom. The number of hydrogen-bond acceptors (Lipinski definition) is 2. The Kier molecular flexibility index (Phi) is 3.53. The van der Waals surface area contributed by atoms with Gasteiger partial charge in [-0.05, 0) is 60.2 Å².